The number of nitrogens with one attached hydrogen (secondary N) is 1. The zero-order valence-corrected chi connectivity index (χ0v) is 12.3. The fourth-order valence-electron chi connectivity index (χ4n) is 2.10. The third-order valence-electron chi connectivity index (χ3n) is 3.63. The quantitative estimate of drug-likeness (QED) is 0.836. The third kappa shape index (κ3) is 4.11. The Labute approximate surface area is 113 Å². The van der Waals surface area contributed by atoms with Crippen LogP contribution in [0.25, 0.3) is 0 Å². The summed E-state index contributed by atoms with van der Waals surface area (Å²) in [5, 5.41) is 3.66. The minimum Gasteiger partial charge on any atom is -0.314 e. The summed E-state index contributed by atoms with van der Waals surface area (Å²) in [4.78, 5) is 0. The van der Waals surface area contributed by atoms with E-state index in [4.69, 9.17) is 0 Å². The van der Waals surface area contributed by atoms with Gasteiger partial charge in [-0.05, 0) is 49.3 Å². The Balaban J connectivity index is 1.93. The van der Waals surface area contributed by atoms with Gasteiger partial charge in [0.25, 0.3) is 0 Å². The molecule has 2 rings (SSSR count). The lowest BCUT2D eigenvalue weighted by molar-refractivity contribution is 0.359. The van der Waals surface area contributed by atoms with Gasteiger partial charge in [0.2, 0.25) is 0 Å². The van der Waals surface area contributed by atoms with E-state index in [0.29, 0.717) is 0 Å². The molecule has 1 aliphatic carbocycles. The van der Waals surface area contributed by atoms with Crippen molar-refractivity contribution in [2.45, 2.75) is 39.2 Å². The minimum atomic E-state index is 0.730. The van der Waals surface area contributed by atoms with Gasteiger partial charge in [-0.2, -0.15) is 0 Å². The molecule has 94 valence electrons. The molecule has 1 N–H and O–H groups in total. The molecule has 1 unspecified atom stereocenters. The van der Waals surface area contributed by atoms with E-state index >= 15 is 0 Å². The van der Waals surface area contributed by atoms with Crippen molar-refractivity contribution < 1.29 is 0 Å². The maximum absolute atomic E-state index is 3.66. The van der Waals surface area contributed by atoms with Crippen LogP contribution in [0.5, 0.6) is 0 Å². The monoisotopic (exact) mass is 295 g/mol. The van der Waals surface area contributed by atoms with Gasteiger partial charge < -0.3 is 5.32 Å². The average molecular weight is 296 g/mol. The second-order valence-corrected chi connectivity index (χ2v) is 6.34. The minimum absolute atomic E-state index is 0.730. The zero-order chi connectivity index (χ0) is 12.3. The highest BCUT2D eigenvalue weighted by Crippen LogP contribution is 2.24. The van der Waals surface area contributed by atoms with Crippen LogP contribution in [0.15, 0.2) is 28.7 Å². The van der Waals surface area contributed by atoms with E-state index in [0.717, 1.165) is 24.4 Å². The largest absolute Gasteiger partial charge is 0.314 e. The molecule has 0 spiro atoms. The van der Waals surface area contributed by atoms with Crippen LogP contribution in [0.3, 0.4) is 0 Å². The molecule has 0 saturated heterocycles. The Bertz CT molecular complexity index is 358. The molecule has 1 aliphatic rings. The van der Waals surface area contributed by atoms with E-state index in [1.165, 1.54) is 29.3 Å². The van der Waals surface area contributed by atoms with Crippen molar-refractivity contribution in [3.8, 4) is 0 Å². The predicted octanol–water partition coefficient (Wildman–Crippen LogP) is 4.02. The summed E-state index contributed by atoms with van der Waals surface area (Å²) < 4.78 is 1.25. The molecular weight excluding hydrogens is 274 g/mol. The topological polar surface area (TPSA) is 12.0 Å². The normalized spacial score (nSPS) is 17.4. The summed E-state index contributed by atoms with van der Waals surface area (Å²) in [7, 11) is 0. The second kappa shape index (κ2) is 6.01. The van der Waals surface area contributed by atoms with Crippen molar-refractivity contribution in [1.82, 2.24) is 5.32 Å². The van der Waals surface area contributed by atoms with E-state index in [2.05, 4.69) is 59.4 Å². The summed E-state index contributed by atoms with van der Waals surface area (Å²) >= 11 is 3.65. The summed E-state index contributed by atoms with van der Waals surface area (Å²) in [5.41, 5.74) is 1.43. The summed E-state index contributed by atoms with van der Waals surface area (Å²) in [6.07, 6.45) is 3.92. The molecule has 2 heteroatoms. The molecule has 17 heavy (non-hydrogen) atoms. The van der Waals surface area contributed by atoms with Gasteiger partial charge in [0.1, 0.15) is 0 Å². The molecule has 1 fully saturated rings. The fraction of sp³-hybridized carbons (Fsp3) is 0.600. The standard InChI is InChI=1S/C15H22BrN/c1-11(2)13(10-17-14-7-8-14)9-12-5-3-4-6-15(12)16/h3-6,11,13-14,17H,7-10H2,1-2H3. The van der Waals surface area contributed by atoms with Crippen molar-refractivity contribution in [3.05, 3.63) is 34.3 Å². The van der Waals surface area contributed by atoms with Gasteiger partial charge in [-0.25, -0.2) is 0 Å². The number of rotatable bonds is 6. The molecule has 0 aliphatic heterocycles. The van der Waals surface area contributed by atoms with Crippen molar-refractivity contribution in [2.75, 3.05) is 6.54 Å². The summed E-state index contributed by atoms with van der Waals surface area (Å²) in [6, 6.07) is 9.40. The molecule has 0 radical (unpaired) electrons. The maximum atomic E-state index is 3.66. The van der Waals surface area contributed by atoms with E-state index in [-0.39, 0.29) is 0 Å². The number of benzene rings is 1. The maximum Gasteiger partial charge on any atom is 0.0207 e. The molecular formula is C15H22BrN. The van der Waals surface area contributed by atoms with Crippen LogP contribution in [0.1, 0.15) is 32.3 Å². The average Bonchev–Trinajstić information content (AvgIpc) is 3.10. The highest BCUT2D eigenvalue weighted by atomic mass is 79.9. The van der Waals surface area contributed by atoms with Crippen molar-refractivity contribution in [2.24, 2.45) is 11.8 Å². The molecule has 0 aromatic heterocycles. The molecule has 1 aromatic carbocycles. The first-order chi connectivity index (χ1) is 8.16. The van der Waals surface area contributed by atoms with Crippen LogP contribution < -0.4 is 5.32 Å². The van der Waals surface area contributed by atoms with Crippen LogP contribution in [0.2, 0.25) is 0 Å². The Hall–Kier alpha value is -0.340. The van der Waals surface area contributed by atoms with Gasteiger partial charge in [-0.3, -0.25) is 0 Å². The first kappa shape index (κ1) is 13.1. The van der Waals surface area contributed by atoms with Gasteiger partial charge in [0.05, 0.1) is 0 Å². The number of hydrogen-bond acceptors (Lipinski definition) is 1. The van der Waals surface area contributed by atoms with Gasteiger partial charge in [-0.1, -0.05) is 48.0 Å². The smallest absolute Gasteiger partial charge is 0.0207 e. The van der Waals surface area contributed by atoms with E-state index in [1.54, 1.807) is 0 Å². The molecule has 0 heterocycles. The molecule has 1 atom stereocenters. The molecule has 0 amide bonds. The molecule has 1 saturated carbocycles. The Morgan fingerprint density at radius 2 is 2.00 bits per heavy atom. The van der Waals surface area contributed by atoms with Crippen LogP contribution in [-0.4, -0.2) is 12.6 Å². The molecule has 1 nitrogen and oxygen atoms in total. The fourth-order valence-corrected chi connectivity index (χ4v) is 2.54. The SMILES string of the molecule is CC(C)C(CNC1CC1)Cc1ccccc1Br. The Morgan fingerprint density at radius 1 is 1.29 bits per heavy atom. The molecule has 0 bridgehead atoms. The van der Waals surface area contributed by atoms with Crippen molar-refractivity contribution >= 4 is 15.9 Å². The number of halogens is 1. The van der Waals surface area contributed by atoms with Crippen molar-refractivity contribution in [3.63, 3.8) is 0 Å². The summed E-state index contributed by atoms with van der Waals surface area (Å²) in [5.74, 6) is 1.46. The Kier molecular flexibility index (Phi) is 4.63. The van der Waals surface area contributed by atoms with Gasteiger partial charge >= 0.3 is 0 Å². The third-order valence-corrected chi connectivity index (χ3v) is 4.40. The van der Waals surface area contributed by atoms with Crippen LogP contribution in [0, 0.1) is 11.8 Å². The van der Waals surface area contributed by atoms with Gasteiger partial charge in [-0.15, -0.1) is 0 Å². The lowest BCUT2D eigenvalue weighted by Crippen LogP contribution is -2.29. The first-order valence-corrected chi connectivity index (χ1v) is 7.43. The highest BCUT2D eigenvalue weighted by molar-refractivity contribution is 9.10. The highest BCUT2D eigenvalue weighted by Gasteiger charge is 2.23. The van der Waals surface area contributed by atoms with Crippen LogP contribution >= 0.6 is 15.9 Å². The molecule has 1 aromatic rings. The zero-order valence-electron chi connectivity index (χ0n) is 10.7. The van der Waals surface area contributed by atoms with Gasteiger partial charge in [0, 0.05) is 10.5 Å². The van der Waals surface area contributed by atoms with Gasteiger partial charge in [0.15, 0.2) is 0 Å². The van der Waals surface area contributed by atoms with Crippen LogP contribution in [-0.2, 0) is 6.42 Å². The Morgan fingerprint density at radius 3 is 2.59 bits per heavy atom. The van der Waals surface area contributed by atoms with Crippen LogP contribution in [0.4, 0.5) is 0 Å². The lowest BCUT2D eigenvalue weighted by Gasteiger charge is -2.22. The van der Waals surface area contributed by atoms with E-state index < -0.39 is 0 Å². The summed E-state index contributed by atoms with van der Waals surface area (Å²) in [6.45, 7) is 5.82. The number of hydrogen-bond donors (Lipinski definition) is 1. The second-order valence-electron chi connectivity index (χ2n) is 5.48. The predicted molar refractivity (Wildman–Crippen MR) is 77.2 cm³/mol. The lowest BCUT2D eigenvalue weighted by atomic mass is 9.89. The van der Waals surface area contributed by atoms with E-state index in [1.807, 2.05) is 0 Å². The first-order valence-electron chi connectivity index (χ1n) is 6.63. The van der Waals surface area contributed by atoms with E-state index in [9.17, 15) is 0 Å². The van der Waals surface area contributed by atoms with Crippen molar-refractivity contribution in [1.29, 1.82) is 0 Å².